The molecule has 2 aliphatic carbocycles. The standard InChI is InChI=1S/C25H32Cl2N2O/c1-17-22(25(30)28-20-10-6-3-7-11-20)15-24(21-13-12-19(26)14-23(21)27)29(17)16-18-8-4-2-5-9-18/h12-15,18,20H,2-11,16H2,1H3,(H,28,30). The molecule has 0 spiro atoms. The number of halogens is 2. The van der Waals surface area contributed by atoms with Gasteiger partial charge in [-0.1, -0.05) is 61.7 Å². The van der Waals surface area contributed by atoms with Crippen molar-refractivity contribution in [2.45, 2.75) is 83.7 Å². The van der Waals surface area contributed by atoms with E-state index in [1.807, 2.05) is 18.2 Å². The molecule has 1 heterocycles. The summed E-state index contributed by atoms with van der Waals surface area (Å²) in [5, 5.41) is 4.54. The van der Waals surface area contributed by atoms with Gasteiger partial charge in [0.15, 0.2) is 0 Å². The second-order valence-corrected chi connectivity index (χ2v) is 9.92. The lowest BCUT2D eigenvalue weighted by Crippen LogP contribution is -2.36. The second-order valence-electron chi connectivity index (χ2n) is 9.08. The van der Waals surface area contributed by atoms with E-state index in [0.717, 1.165) is 41.9 Å². The number of rotatable bonds is 5. The van der Waals surface area contributed by atoms with Crippen molar-refractivity contribution in [3.8, 4) is 11.3 Å². The van der Waals surface area contributed by atoms with Crippen LogP contribution in [-0.4, -0.2) is 16.5 Å². The summed E-state index contributed by atoms with van der Waals surface area (Å²) < 4.78 is 2.32. The fourth-order valence-electron chi connectivity index (χ4n) is 5.17. The van der Waals surface area contributed by atoms with Gasteiger partial charge in [0.05, 0.1) is 16.3 Å². The molecule has 1 N–H and O–H groups in total. The van der Waals surface area contributed by atoms with Crippen LogP contribution in [-0.2, 0) is 6.54 Å². The molecule has 0 atom stereocenters. The first-order chi connectivity index (χ1) is 14.5. The predicted octanol–water partition coefficient (Wildman–Crippen LogP) is 7.41. The first-order valence-electron chi connectivity index (χ1n) is 11.5. The maximum atomic E-state index is 13.2. The van der Waals surface area contributed by atoms with Crippen molar-refractivity contribution in [2.24, 2.45) is 5.92 Å². The Morgan fingerprint density at radius 3 is 2.33 bits per heavy atom. The van der Waals surface area contributed by atoms with Crippen LogP contribution in [0.4, 0.5) is 0 Å². The van der Waals surface area contributed by atoms with Crippen LogP contribution in [0.15, 0.2) is 24.3 Å². The predicted molar refractivity (Wildman–Crippen MR) is 126 cm³/mol. The third-order valence-electron chi connectivity index (χ3n) is 6.92. The van der Waals surface area contributed by atoms with Crippen LogP contribution in [0.5, 0.6) is 0 Å². The van der Waals surface area contributed by atoms with Crippen molar-refractivity contribution < 1.29 is 4.79 Å². The van der Waals surface area contributed by atoms with Crippen molar-refractivity contribution in [3.63, 3.8) is 0 Å². The summed E-state index contributed by atoms with van der Waals surface area (Å²) in [5.74, 6) is 0.706. The summed E-state index contributed by atoms with van der Waals surface area (Å²) >= 11 is 12.7. The molecular formula is C25H32Cl2N2O. The van der Waals surface area contributed by atoms with Crippen LogP contribution >= 0.6 is 23.2 Å². The fraction of sp³-hybridized carbons (Fsp3) is 0.560. The number of hydrogen-bond donors (Lipinski definition) is 1. The van der Waals surface area contributed by atoms with Crippen molar-refractivity contribution in [3.05, 3.63) is 45.6 Å². The number of aromatic nitrogens is 1. The minimum Gasteiger partial charge on any atom is -0.349 e. The highest BCUT2D eigenvalue weighted by molar-refractivity contribution is 6.36. The summed E-state index contributed by atoms with van der Waals surface area (Å²) in [6.07, 6.45) is 12.3. The third kappa shape index (κ3) is 4.89. The first-order valence-corrected chi connectivity index (χ1v) is 12.2. The smallest absolute Gasteiger partial charge is 0.253 e. The van der Waals surface area contributed by atoms with E-state index >= 15 is 0 Å². The number of amides is 1. The SMILES string of the molecule is Cc1c(C(=O)NC2CCCCC2)cc(-c2ccc(Cl)cc2Cl)n1CC1CCCCC1. The molecule has 30 heavy (non-hydrogen) atoms. The largest absolute Gasteiger partial charge is 0.349 e. The molecule has 1 amide bonds. The van der Waals surface area contributed by atoms with Gasteiger partial charge in [-0.3, -0.25) is 4.79 Å². The molecule has 1 aromatic carbocycles. The normalized spacial score (nSPS) is 18.5. The molecular weight excluding hydrogens is 415 g/mol. The first kappa shape index (κ1) is 21.8. The summed E-state index contributed by atoms with van der Waals surface area (Å²) in [6.45, 7) is 3.02. The van der Waals surface area contributed by atoms with Crippen molar-refractivity contribution in [2.75, 3.05) is 0 Å². The molecule has 3 nitrogen and oxygen atoms in total. The fourth-order valence-corrected chi connectivity index (χ4v) is 5.67. The number of carbonyl (C=O) groups is 1. The Bertz CT molecular complexity index is 893. The molecule has 1 aromatic heterocycles. The molecule has 0 unspecified atom stereocenters. The number of nitrogens with zero attached hydrogens (tertiary/aromatic N) is 1. The number of benzene rings is 1. The van der Waals surface area contributed by atoms with Crippen LogP contribution in [0.1, 0.15) is 80.3 Å². The Morgan fingerprint density at radius 2 is 1.67 bits per heavy atom. The van der Waals surface area contributed by atoms with Gasteiger partial charge >= 0.3 is 0 Å². The zero-order valence-corrected chi connectivity index (χ0v) is 19.4. The second kappa shape index (κ2) is 9.78. The number of hydrogen-bond acceptors (Lipinski definition) is 1. The Kier molecular flexibility index (Phi) is 7.10. The minimum absolute atomic E-state index is 0.0492. The lowest BCUT2D eigenvalue weighted by atomic mass is 9.89. The van der Waals surface area contributed by atoms with Gasteiger partial charge in [-0.25, -0.2) is 0 Å². The highest BCUT2D eigenvalue weighted by atomic mass is 35.5. The van der Waals surface area contributed by atoms with Crippen LogP contribution in [0.25, 0.3) is 11.3 Å². The van der Waals surface area contributed by atoms with Crippen molar-refractivity contribution in [1.82, 2.24) is 9.88 Å². The van der Waals surface area contributed by atoms with Crippen LogP contribution in [0.3, 0.4) is 0 Å². The van der Waals surface area contributed by atoms with Gasteiger partial charge in [-0.2, -0.15) is 0 Å². The van der Waals surface area contributed by atoms with Crippen LogP contribution in [0.2, 0.25) is 10.0 Å². The molecule has 0 aliphatic heterocycles. The number of nitrogens with one attached hydrogen (secondary N) is 1. The molecule has 2 aliphatic rings. The van der Waals surface area contributed by atoms with E-state index in [-0.39, 0.29) is 5.91 Å². The Balaban J connectivity index is 1.67. The van der Waals surface area contributed by atoms with E-state index in [9.17, 15) is 4.79 Å². The molecule has 2 fully saturated rings. The lowest BCUT2D eigenvalue weighted by molar-refractivity contribution is 0.0927. The third-order valence-corrected chi connectivity index (χ3v) is 7.47. The molecule has 162 valence electrons. The maximum Gasteiger partial charge on any atom is 0.253 e. The number of carbonyl (C=O) groups excluding carboxylic acids is 1. The molecule has 2 saturated carbocycles. The van der Waals surface area contributed by atoms with E-state index in [0.29, 0.717) is 22.0 Å². The Hall–Kier alpha value is -1.45. The van der Waals surface area contributed by atoms with Crippen LogP contribution < -0.4 is 5.32 Å². The summed E-state index contributed by atoms with van der Waals surface area (Å²) in [5.41, 5.74) is 3.78. The Labute approximate surface area is 190 Å². The molecule has 0 bridgehead atoms. The average Bonchev–Trinajstić information content (AvgIpc) is 3.06. The van der Waals surface area contributed by atoms with Gasteiger partial charge in [0.25, 0.3) is 5.91 Å². The maximum absolute atomic E-state index is 13.2. The molecule has 5 heteroatoms. The topological polar surface area (TPSA) is 34.0 Å². The zero-order valence-electron chi connectivity index (χ0n) is 17.9. The van der Waals surface area contributed by atoms with Gasteiger partial charge in [-0.05, 0) is 62.8 Å². The zero-order chi connectivity index (χ0) is 21.1. The summed E-state index contributed by atoms with van der Waals surface area (Å²) in [4.78, 5) is 13.2. The van der Waals surface area contributed by atoms with E-state index in [2.05, 4.69) is 16.8 Å². The molecule has 0 saturated heterocycles. The molecule has 0 radical (unpaired) electrons. The molecule has 4 rings (SSSR count). The van der Waals surface area contributed by atoms with Crippen LogP contribution in [0, 0.1) is 12.8 Å². The molecule has 2 aromatic rings. The monoisotopic (exact) mass is 446 g/mol. The van der Waals surface area contributed by atoms with E-state index in [4.69, 9.17) is 23.2 Å². The van der Waals surface area contributed by atoms with Gasteiger partial charge in [-0.15, -0.1) is 0 Å². The van der Waals surface area contributed by atoms with Gasteiger partial charge in [0.2, 0.25) is 0 Å². The highest BCUT2D eigenvalue weighted by Crippen LogP contribution is 2.35. The van der Waals surface area contributed by atoms with Gasteiger partial charge in [0.1, 0.15) is 0 Å². The average molecular weight is 447 g/mol. The highest BCUT2D eigenvalue weighted by Gasteiger charge is 2.24. The van der Waals surface area contributed by atoms with E-state index < -0.39 is 0 Å². The van der Waals surface area contributed by atoms with Gasteiger partial charge < -0.3 is 9.88 Å². The quantitative estimate of drug-likeness (QED) is 0.509. The lowest BCUT2D eigenvalue weighted by Gasteiger charge is -2.25. The van der Waals surface area contributed by atoms with E-state index in [1.54, 1.807) is 6.07 Å². The summed E-state index contributed by atoms with van der Waals surface area (Å²) in [7, 11) is 0. The van der Waals surface area contributed by atoms with E-state index in [1.165, 1.54) is 51.4 Å². The van der Waals surface area contributed by atoms with Crippen molar-refractivity contribution >= 4 is 29.1 Å². The van der Waals surface area contributed by atoms with Gasteiger partial charge in [0, 0.05) is 28.9 Å². The minimum atomic E-state index is 0.0492. The Morgan fingerprint density at radius 1 is 1.00 bits per heavy atom. The summed E-state index contributed by atoms with van der Waals surface area (Å²) in [6, 6.07) is 7.96. The van der Waals surface area contributed by atoms with Crippen molar-refractivity contribution in [1.29, 1.82) is 0 Å².